The molecule has 2 fully saturated rings. The molecule has 0 radical (unpaired) electrons. The number of amides is 1. The lowest BCUT2D eigenvalue weighted by Gasteiger charge is -2.45. The molecule has 1 aromatic rings. The normalized spacial score (nSPS) is 25.8. The van der Waals surface area contributed by atoms with Crippen LogP contribution >= 0.6 is 0 Å². The Morgan fingerprint density at radius 2 is 2.04 bits per heavy atom. The molecule has 0 atom stereocenters. The molecule has 1 spiro atoms. The third kappa shape index (κ3) is 2.74. The molecule has 3 heterocycles. The minimum absolute atomic E-state index is 0.00376. The Labute approximate surface area is 148 Å². The van der Waals surface area contributed by atoms with Gasteiger partial charge in [-0.2, -0.15) is 5.10 Å². The first-order valence-corrected chi connectivity index (χ1v) is 9.63. The first kappa shape index (κ1) is 15.4. The summed E-state index contributed by atoms with van der Waals surface area (Å²) < 4.78 is 6.44. The molecule has 1 N–H and O–H groups in total. The lowest BCUT2D eigenvalue weighted by molar-refractivity contribution is -0.121. The van der Waals surface area contributed by atoms with Crippen molar-refractivity contribution >= 4 is 11.6 Å². The number of hydrazone groups is 1. The predicted molar refractivity (Wildman–Crippen MR) is 95.9 cm³/mol. The zero-order valence-corrected chi connectivity index (χ0v) is 14.6. The van der Waals surface area contributed by atoms with Gasteiger partial charge in [0.15, 0.2) is 0 Å². The molecule has 0 unspecified atom stereocenters. The van der Waals surface area contributed by atoms with Gasteiger partial charge in [0.2, 0.25) is 5.91 Å². The minimum Gasteiger partial charge on any atom is -0.487 e. The third-order valence-corrected chi connectivity index (χ3v) is 6.44. The van der Waals surface area contributed by atoms with Crippen molar-refractivity contribution in [2.75, 3.05) is 13.1 Å². The van der Waals surface area contributed by atoms with Gasteiger partial charge in [0.1, 0.15) is 11.4 Å². The van der Waals surface area contributed by atoms with E-state index in [4.69, 9.17) is 4.74 Å². The molecule has 0 bridgehead atoms. The number of rotatable bonds is 2. The van der Waals surface area contributed by atoms with E-state index in [1.54, 1.807) is 0 Å². The summed E-state index contributed by atoms with van der Waals surface area (Å²) in [6.07, 6.45) is 8.68. The number of hydrogen-bond acceptors (Lipinski definition) is 4. The van der Waals surface area contributed by atoms with Crippen LogP contribution in [0.2, 0.25) is 0 Å². The molecule has 0 aromatic heterocycles. The fourth-order valence-corrected chi connectivity index (χ4v) is 4.62. The summed E-state index contributed by atoms with van der Waals surface area (Å²) in [6.45, 7) is 2.34. The lowest BCUT2D eigenvalue weighted by Crippen LogP contribution is -2.52. The molecule has 4 aliphatic rings. The van der Waals surface area contributed by atoms with Crippen LogP contribution < -0.4 is 10.2 Å². The highest BCUT2D eigenvalue weighted by Crippen LogP contribution is 2.42. The molecule has 1 aliphatic carbocycles. The molecule has 1 saturated heterocycles. The first-order chi connectivity index (χ1) is 12.2. The maximum atomic E-state index is 11.3. The predicted octanol–water partition coefficient (Wildman–Crippen LogP) is 2.62. The molecule has 25 heavy (non-hydrogen) atoms. The highest BCUT2D eigenvalue weighted by atomic mass is 16.5. The number of benzene rings is 1. The summed E-state index contributed by atoms with van der Waals surface area (Å²) in [5.74, 6) is 1.05. The van der Waals surface area contributed by atoms with E-state index < -0.39 is 0 Å². The Bertz CT molecular complexity index is 730. The molecule has 3 aliphatic heterocycles. The summed E-state index contributed by atoms with van der Waals surface area (Å²) in [7, 11) is 0. The van der Waals surface area contributed by atoms with Gasteiger partial charge in [-0.1, -0.05) is 6.42 Å². The van der Waals surface area contributed by atoms with Gasteiger partial charge in [0.25, 0.3) is 0 Å². The van der Waals surface area contributed by atoms with Gasteiger partial charge in [-0.15, -0.1) is 0 Å². The van der Waals surface area contributed by atoms with Crippen molar-refractivity contribution in [3.8, 4) is 5.75 Å². The second-order valence-corrected chi connectivity index (χ2v) is 8.00. The lowest BCUT2D eigenvalue weighted by atomic mass is 9.83. The summed E-state index contributed by atoms with van der Waals surface area (Å²) in [6, 6.07) is 7.24. The standard InChI is InChI=1S/C20H25N3O2/c24-19-7-5-17(21-22-19)14-4-6-18-15(12-14)13-20(25-18)8-10-23(11-9-20)16-2-1-3-16/h4,6,12,16H,1-3,5,7-11,13H2,(H,22,24). The van der Waals surface area contributed by atoms with E-state index in [1.165, 1.54) is 37.9 Å². The van der Waals surface area contributed by atoms with Crippen LogP contribution in [-0.4, -0.2) is 41.3 Å². The van der Waals surface area contributed by atoms with E-state index in [0.717, 1.165) is 42.3 Å². The topological polar surface area (TPSA) is 53.9 Å². The smallest absolute Gasteiger partial charge is 0.240 e. The van der Waals surface area contributed by atoms with Gasteiger partial charge in [-0.3, -0.25) is 4.79 Å². The molecule has 132 valence electrons. The van der Waals surface area contributed by atoms with E-state index in [1.807, 2.05) is 0 Å². The molecule has 1 aromatic carbocycles. The number of nitrogens with zero attached hydrogens (tertiary/aromatic N) is 2. The number of carbonyl (C=O) groups excluding carboxylic acids is 1. The Hall–Kier alpha value is -1.88. The zero-order valence-electron chi connectivity index (χ0n) is 14.6. The maximum absolute atomic E-state index is 11.3. The van der Waals surface area contributed by atoms with E-state index >= 15 is 0 Å². The van der Waals surface area contributed by atoms with Gasteiger partial charge in [-0.05, 0) is 42.2 Å². The van der Waals surface area contributed by atoms with Crippen LogP contribution in [0.15, 0.2) is 23.3 Å². The van der Waals surface area contributed by atoms with Crippen LogP contribution in [0, 0.1) is 0 Å². The SMILES string of the molecule is O=C1CCC(c2ccc3c(c2)CC2(CCN(C4CCC4)CC2)O3)=NN1. The summed E-state index contributed by atoms with van der Waals surface area (Å²) in [4.78, 5) is 14.0. The molecule has 1 saturated carbocycles. The van der Waals surface area contributed by atoms with Crippen LogP contribution in [0.25, 0.3) is 0 Å². The second kappa shape index (κ2) is 5.84. The van der Waals surface area contributed by atoms with E-state index in [2.05, 4.69) is 33.6 Å². The Balaban J connectivity index is 1.30. The van der Waals surface area contributed by atoms with Gasteiger partial charge in [-0.25, -0.2) is 5.43 Å². The minimum atomic E-state index is 0.00376. The molecule has 5 nitrogen and oxygen atoms in total. The van der Waals surface area contributed by atoms with Crippen LogP contribution in [-0.2, 0) is 11.2 Å². The van der Waals surface area contributed by atoms with Gasteiger partial charge >= 0.3 is 0 Å². The number of likely N-dealkylation sites (tertiary alicyclic amines) is 1. The van der Waals surface area contributed by atoms with Crippen molar-refractivity contribution in [1.82, 2.24) is 10.3 Å². The van der Waals surface area contributed by atoms with Crippen molar-refractivity contribution in [2.45, 2.75) is 63.0 Å². The van der Waals surface area contributed by atoms with Crippen molar-refractivity contribution < 1.29 is 9.53 Å². The number of piperidine rings is 1. The highest BCUT2D eigenvalue weighted by molar-refractivity contribution is 6.04. The fourth-order valence-electron chi connectivity index (χ4n) is 4.62. The summed E-state index contributed by atoms with van der Waals surface area (Å²) in [5.41, 5.74) is 5.99. The van der Waals surface area contributed by atoms with Crippen LogP contribution in [0.3, 0.4) is 0 Å². The van der Waals surface area contributed by atoms with Gasteiger partial charge in [0, 0.05) is 51.2 Å². The summed E-state index contributed by atoms with van der Waals surface area (Å²) in [5, 5.41) is 4.22. The van der Waals surface area contributed by atoms with Crippen molar-refractivity contribution in [3.63, 3.8) is 0 Å². The van der Waals surface area contributed by atoms with E-state index in [0.29, 0.717) is 12.8 Å². The highest BCUT2D eigenvalue weighted by Gasteiger charge is 2.43. The number of nitrogens with one attached hydrogen (secondary N) is 1. The fraction of sp³-hybridized carbons (Fsp3) is 0.600. The van der Waals surface area contributed by atoms with E-state index in [9.17, 15) is 4.79 Å². The Morgan fingerprint density at radius 1 is 1.20 bits per heavy atom. The number of hydrogen-bond donors (Lipinski definition) is 1. The molecule has 1 amide bonds. The third-order valence-electron chi connectivity index (χ3n) is 6.44. The monoisotopic (exact) mass is 339 g/mol. The van der Waals surface area contributed by atoms with Crippen molar-refractivity contribution in [3.05, 3.63) is 29.3 Å². The Kier molecular flexibility index (Phi) is 3.59. The first-order valence-electron chi connectivity index (χ1n) is 9.63. The molecular weight excluding hydrogens is 314 g/mol. The number of fused-ring (bicyclic) bond motifs is 1. The van der Waals surface area contributed by atoms with Gasteiger partial charge < -0.3 is 9.64 Å². The van der Waals surface area contributed by atoms with Gasteiger partial charge in [0.05, 0.1) is 5.71 Å². The largest absolute Gasteiger partial charge is 0.487 e. The van der Waals surface area contributed by atoms with Crippen molar-refractivity contribution in [2.24, 2.45) is 5.10 Å². The van der Waals surface area contributed by atoms with E-state index in [-0.39, 0.29) is 11.5 Å². The average molecular weight is 339 g/mol. The Morgan fingerprint density at radius 3 is 2.72 bits per heavy atom. The number of ether oxygens (including phenoxy) is 1. The molecular formula is C20H25N3O2. The zero-order chi connectivity index (χ0) is 16.9. The number of carbonyl (C=O) groups is 1. The van der Waals surface area contributed by atoms with Crippen LogP contribution in [0.4, 0.5) is 0 Å². The molecule has 5 heteroatoms. The quantitative estimate of drug-likeness (QED) is 0.901. The van der Waals surface area contributed by atoms with Crippen LogP contribution in [0.1, 0.15) is 56.1 Å². The average Bonchev–Trinajstić information content (AvgIpc) is 2.93. The second-order valence-electron chi connectivity index (χ2n) is 8.00. The van der Waals surface area contributed by atoms with Crippen molar-refractivity contribution in [1.29, 1.82) is 0 Å². The molecule has 5 rings (SSSR count). The summed E-state index contributed by atoms with van der Waals surface area (Å²) >= 11 is 0. The maximum Gasteiger partial charge on any atom is 0.240 e. The van der Waals surface area contributed by atoms with Crippen LogP contribution in [0.5, 0.6) is 5.75 Å².